The van der Waals surface area contributed by atoms with Gasteiger partial charge in [0.25, 0.3) is 0 Å². The zero-order chi connectivity index (χ0) is 12.4. The van der Waals surface area contributed by atoms with Crippen LogP contribution in [0.1, 0.15) is 11.3 Å². The fraction of sp³-hybridized carbons (Fsp3) is 0.308. The molecule has 0 aliphatic carbocycles. The van der Waals surface area contributed by atoms with E-state index in [1.54, 1.807) is 0 Å². The molecule has 1 heterocycles. The van der Waals surface area contributed by atoms with Gasteiger partial charge in [0.2, 0.25) is 0 Å². The molecule has 1 aromatic heterocycles. The van der Waals surface area contributed by atoms with Gasteiger partial charge in [-0.3, -0.25) is 4.68 Å². The van der Waals surface area contributed by atoms with Crippen LogP contribution >= 0.6 is 15.9 Å². The van der Waals surface area contributed by atoms with E-state index in [-0.39, 0.29) is 0 Å². The number of hydrogen-bond donors (Lipinski definition) is 1. The number of rotatable bonds is 3. The van der Waals surface area contributed by atoms with Crippen molar-refractivity contribution in [1.29, 1.82) is 0 Å². The third-order valence-electron chi connectivity index (χ3n) is 2.69. The van der Waals surface area contributed by atoms with Crippen LogP contribution in [-0.4, -0.2) is 16.8 Å². The topological polar surface area (TPSA) is 29.9 Å². The van der Waals surface area contributed by atoms with Crippen molar-refractivity contribution < 1.29 is 0 Å². The summed E-state index contributed by atoms with van der Waals surface area (Å²) in [6.07, 6.45) is 0. The summed E-state index contributed by atoms with van der Waals surface area (Å²) in [5.74, 6) is 0. The Morgan fingerprint density at radius 1 is 1.41 bits per heavy atom. The van der Waals surface area contributed by atoms with Crippen LogP contribution in [0.25, 0.3) is 11.3 Å². The van der Waals surface area contributed by atoms with Crippen molar-refractivity contribution >= 4 is 15.9 Å². The Balaban J connectivity index is 2.52. The average molecular weight is 294 g/mol. The number of hydrogen-bond acceptors (Lipinski definition) is 2. The van der Waals surface area contributed by atoms with E-state index in [2.05, 4.69) is 57.5 Å². The summed E-state index contributed by atoms with van der Waals surface area (Å²) in [6.45, 7) is 2.86. The second-order valence-corrected chi connectivity index (χ2v) is 4.93. The fourth-order valence-electron chi connectivity index (χ4n) is 1.94. The van der Waals surface area contributed by atoms with E-state index in [0.29, 0.717) is 0 Å². The minimum absolute atomic E-state index is 0.764. The average Bonchev–Trinajstić information content (AvgIpc) is 2.55. The Hall–Kier alpha value is -1.13. The second-order valence-electron chi connectivity index (χ2n) is 4.13. The molecule has 0 fully saturated rings. The van der Waals surface area contributed by atoms with Crippen molar-refractivity contribution in [2.45, 2.75) is 13.5 Å². The van der Waals surface area contributed by atoms with Crippen molar-refractivity contribution in [3.8, 4) is 11.3 Å². The zero-order valence-electron chi connectivity index (χ0n) is 10.3. The minimum Gasteiger partial charge on any atom is -0.314 e. The molecule has 4 heteroatoms. The van der Waals surface area contributed by atoms with E-state index < -0.39 is 0 Å². The molecule has 0 spiro atoms. The molecular weight excluding hydrogens is 278 g/mol. The van der Waals surface area contributed by atoms with Crippen LogP contribution in [0.5, 0.6) is 0 Å². The van der Waals surface area contributed by atoms with Gasteiger partial charge in [-0.05, 0) is 36.0 Å². The molecule has 0 amide bonds. The van der Waals surface area contributed by atoms with Crippen LogP contribution in [0.2, 0.25) is 0 Å². The summed E-state index contributed by atoms with van der Waals surface area (Å²) < 4.78 is 2.99. The standard InChI is InChI=1S/C13H16BrN3/c1-9-5-4-6-10(7-9)13-12(14)11(8-15-2)16-17(13)3/h4-7,15H,8H2,1-3H3. The van der Waals surface area contributed by atoms with Gasteiger partial charge >= 0.3 is 0 Å². The first-order chi connectivity index (χ1) is 8.13. The summed E-state index contributed by atoms with van der Waals surface area (Å²) in [5, 5.41) is 7.64. The Morgan fingerprint density at radius 3 is 2.82 bits per heavy atom. The molecule has 90 valence electrons. The molecule has 0 saturated carbocycles. The van der Waals surface area contributed by atoms with Crippen LogP contribution in [0.3, 0.4) is 0 Å². The van der Waals surface area contributed by atoms with Gasteiger partial charge in [-0.2, -0.15) is 5.10 Å². The zero-order valence-corrected chi connectivity index (χ0v) is 11.9. The predicted octanol–water partition coefficient (Wildman–Crippen LogP) is 2.88. The van der Waals surface area contributed by atoms with Crippen LogP contribution in [-0.2, 0) is 13.6 Å². The molecule has 0 saturated heterocycles. The number of nitrogens with zero attached hydrogens (tertiary/aromatic N) is 2. The molecule has 0 aliphatic rings. The number of aryl methyl sites for hydroxylation is 2. The lowest BCUT2D eigenvalue weighted by atomic mass is 10.1. The number of nitrogens with one attached hydrogen (secondary N) is 1. The van der Waals surface area contributed by atoms with Crippen molar-refractivity contribution in [3.63, 3.8) is 0 Å². The summed E-state index contributed by atoms with van der Waals surface area (Å²) in [6, 6.07) is 8.45. The van der Waals surface area contributed by atoms with Crippen molar-refractivity contribution in [3.05, 3.63) is 40.0 Å². The van der Waals surface area contributed by atoms with Crippen molar-refractivity contribution in [1.82, 2.24) is 15.1 Å². The fourth-order valence-corrected chi connectivity index (χ4v) is 2.65. The van der Waals surface area contributed by atoms with Gasteiger partial charge in [0, 0.05) is 19.2 Å². The van der Waals surface area contributed by atoms with E-state index >= 15 is 0 Å². The second kappa shape index (κ2) is 5.02. The third-order valence-corrected chi connectivity index (χ3v) is 3.52. The lowest BCUT2D eigenvalue weighted by Gasteiger charge is -2.04. The molecular formula is C13H16BrN3. The molecule has 17 heavy (non-hydrogen) atoms. The Labute approximate surface area is 110 Å². The van der Waals surface area contributed by atoms with E-state index in [9.17, 15) is 0 Å². The van der Waals surface area contributed by atoms with E-state index in [0.717, 1.165) is 22.4 Å². The maximum absolute atomic E-state index is 4.51. The van der Waals surface area contributed by atoms with E-state index in [1.165, 1.54) is 11.1 Å². The first kappa shape index (κ1) is 12.3. The summed E-state index contributed by atoms with van der Waals surface area (Å²) in [7, 11) is 3.90. The largest absolute Gasteiger partial charge is 0.314 e. The van der Waals surface area contributed by atoms with Crippen LogP contribution in [0, 0.1) is 6.92 Å². The van der Waals surface area contributed by atoms with Gasteiger partial charge in [0.1, 0.15) is 0 Å². The maximum Gasteiger partial charge on any atom is 0.0910 e. The van der Waals surface area contributed by atoms with Gasteiger partial charge in [-0.15, -0.1) is 0 Å². The number of halogens is 1. The molecule has 1 aromatic carbocycles. The molecule has 0 unspecified atom stereocenters. The quantitative estimate of drug-likeness (QED) is 0.943. The lowest BCUT2D eigenvalue weighted by molar-refractivity contribution is 0.715. The van der Waals surface area contributed by atoms with Gasteiger partial charge in [0.15, 0.2) is 0 Å². The molecule has 0 aliphatic heterocycles. The van der Waals surface area contributed by atoms with Crippen LogP contribution in [0.4, 0.5) is 0 Å². The molecule has 0 radical (unpaired) electrons. The number of aromatic nitrogens is 2. The molecule has 3 nitrogen and oxygen atoms in total. The third kappa shape index (κ3) is 2.42. The van der Waals surface area contributed by atoms with E-state index in [4.69, 9.17) is 0 Å². The normalized spacial score (nSPS) is 10.8. The summed E-state index contributed by atoms with van der Waals surface area (Å²) >= 11 is 3.64. The Kier molecular flexibility index (Phi) is 3.64. The predicted molar refractivity (Wildman–Crippen MR) is 73.8 cm³/mol. The highest BCUT2D eigenvalue weighted by Crippen LogP contribution is 2.30. The highest BCUT2D eigenvalue weighted by molar-refractivity contribution is 9.10. The molecule has 1 N–H and O–H groups in total. The SMILES string of the molecule is CNCc1nn(C)c(-c2cccc(C)c2)c1Br. The molecule has 2 rings (SSSR count). The molecule has 0 atom stereocenters. The Bertz CT molecular complexity index is 531. The lowest BCUT2D eigenvalue weighted by Crippen LogP contribution is -2.06. The van der Waals surface area contributed by atoms with Gasteiger partial charge < -0.3 is 5.32 Å². The van der Waals surface area contributed by atoms with Crippen LogP contribution in [0.15, 0.2) is 28.7 Å². The first-order valence-electron chi connectivity index (χ1n) is 5.56. The highest BCUT2D eigenvalue weighted by Gasteiger charge is 2.14. The van der Waals surface area contributed by atoms with Gasteiger partial charge in [-0.25, -0.2) is 0 Å². The van der Waals surface area contributed by atoms with Gasteiger partial charge in [0.05, 0.1) is 15.9 Å². The monoisotopic (exact) mass is 293 g/mol. The molecule has 0 bridgehead atoms. The van der Waals surface area contributed by atoms with E-state index in [1.807, 2.05) is 18.8 Å². The maximum atomic E-state index is 4.51. The Morgan fingerprint density at radius 2 is 2.18 bits per heavy atom. The highest BCUT2D eigenvalue weighted by atomic mass is 79.9. The summed E-state index contributed by atoms with van der Waals surface area (Å²) in [4.78, 5) is 0. The smallest absolute Gasteiger partial charge is 0.0910 e. The first-order valence-corrected chi connectivity index (χ1v) is 6.35. The number of benzene rings is 1. The minimum atomic E-state index is 0.764. The van der Waals surface area contributed by atoms with Gasteiger partial charge in [-0.1, -0.05) is 23.8 Å². The molecule has 2 aromatic rings. The van der Waals surface area contributed by atoms with Crippen molar-refractivity contribution in [2.24, 2.45) is 7.05 Å². The van der Waals surface area contributed by atoms with Crippen molar-refractivity contribution in [2.75, 3.05) is 7.05 Å². The summed E-state index contributed by atoms with van der Waals surface area (Å²) in [5.41, 5.74) is 4.60. The van der Waals surface area contributed by atoms with Crippen LogP contribution < -0.4 is 5.32 Å².